The summed E-state index contributed by atoms with van der Waals surface area (Å²) in [5, 5.41) is 0.971. The van der Waals surface area contributed by atoms with Crippen molar-refractivity contribution in [3.63, 3.8) is 0 Å². The number of alkyl halides is 1. The lowest BCUT2D eigenvalue weighted by molar-refractivity contribution is 0.332. The Morgan fingerprint density at radius 3 is 2.38 bits per heavy atom. The largest absolute Gasteiger partial charge is 0.215 e. The molecular formula is C11H24BrNO2S. The summed E-state index contributed by atoms with van der Waals surface area (Å²) in [6.45, 7) is 6.72. The van der Waals surface area contributed by atoms with Crippen molar-refractivity contribution in [2.24, 2.45) is 5.41 Å². The molecule has 0 saturated carbocycles. The lowest BCUT2D eigenvalue weighted by Crippen LogP contribution is -2.35. The zero-order valence-electron chi connectivity index (χ0n) is 10.6. The molecule has 0 aliphatic heterocycles. The van der Waals surface area contributed by atoms with E-state index < -0.39 is 10.0 Å². The fourth-order valence-corrected chi connectivity index (χ4v) is 3.05. The number of halogens is 1. The van der Waals surface area contributed by atoms with Crippen molar-refractivity contribution in [3.8, 4) is 0 Å². The molecule has 0 saturated heterocycles. The Hall–Kier alpha value is 0.390. The van der Waals surface area contributed by atoms with Crippen molar-refractivity contribution >= 4 is 26.0 Å². The van der Waals surface area contributed by atoms with Gasteiger partial charge in [-0.2, -0.15) is 0 Å². The fourth-order valence-electron chi connectivity index (χ4n) is 1.35. The van der Waals surface area contributed by atoms with Gasteiger partial charge in [0.05, 0.1) is 5.75 Å². The number of rotatable bonds is 9. The molecule has 0 aliphatic carbocycles. The highest BCUT2D eigenvalue weighted by molar-refractivity contribution is 9.09. The Morgan fingerprint density at radius 2 is 1.88 bits per heavy atom. The van der Waals surface area contributed by atoms with Crippen LogP contribution in [0.25, 0.3) is 0 Å². The predicted molar refractivity (Wildman–Crippen MR) is 73.5 cm³/mol. The average Bonchev–Trinajstić information content (AvgIpc) is 2.22. The van der Waals surface area contributed by atoms with Crippen molar-refractivity contribution < 1.29 is 8.42 Å². The second kappa shape index (κ2) is 7.67. The molecule has 0 amide bonds. The van der Waals surface area contributed by atoms with E-state index in [1.807, 2.05) is 6.92 Å². The molecule has 5 heteroatoms. The van der Waals surface area contributed by atoms with Gasteiger partial charge in [0.15, 0.2) is 0 Å². The van der Waals surface area contributed by atoms with E-state index in [-0.39, 0.29) is 11.2 Å². The van der Waals surface area contributed by atoms with Crippen LogP contribution in [0.4, 0.5) is 0 Å². The highest BCUT2D eigenvalue weighted by atomic mass is 79.9. The van der Waals surface area contributed by atoms with Gasteiger partial charge in [-0.3, -0.25) is 0 Å². The van der Waals surface area contributed by atoms with Gasteiger partial charge in [-0.15, -0.1) is 0 Å². The van der Waals surface area contributed by atoms with Gasteiger partial charge in [-0.1, -0.05) is 43.1 Å². The maximum atomic E-state index is 11.6. The van der Waals surface area contributed by atoms with Crippen LogP contribution < -0.4 is 4.72 Å². The van der Waals surface area contributed by atoms with Crippen LogP contribution in [0.15, 0.2) is 0 Å². The summed E-state index contributed by atoms with van der Waals surface area (Å²) in [5.41, 5.74) is 0.0348. The fraction of sp³-hybridized carbons (Fsp3) is 1.00. The van der Waals surface area contributed by atoms with Crippen molar-refractivity contribution in [2.45, 2.75) is 46.5 Å². The summed E-state index contributed by atoms with van der Waals surface area (Å²) in [6.07, 6.45) is 3.74. The molecule has 0 fully saturated rings. The second-order valence-electron chi connectivity index (χ2n) is 4.95. The van der Waals surface area contributed by atoms with Gasteiger partial charge in [-0.25, -0.2) is 13.1 Å². The summed E-state index contributed by atoms with van der Waals surface area (Å²) >= 11 is 3.39. The molecule has 1 N–H and O–H groups in total. The number of sulfonamides is 1. The van der Waals surface area contributed by atoms with Crippen LogP contribution in [-0.2, 0) is 10.0 Å². The molecule has 0 aliphatic rings. The van der Waals surface area contributed by atoms with E-state index in [2.05, 4.69) is 34.5 Å². The molecule has 0 radical (unpaired) electrons. The minimum atomic E-state index is -3.06. The molecule has 0 rings (SSSR count). The average molecular weight is 314 g/mol. The van der Waals surface area contributed by atoms with Gasteiger partial charge in [0.2, 0.25) is 10.0 Å². The van der Waals surface area contributed by atoms with Crippen molar-refractivity contribution in [1.29, 1.82) is 0 Å². The molecule has 0 aromatic heterocycles. The minimum Gasteiger partial charge on any atom is -0.215 e. The van der Waals surface area contributed by atoms with Crippen molar-refractivity contribution in [2.75, 3.05) is 17.6 Å². The topological polar surface area (TPSA) is 46.2 Å². The molecule has 0 aromatic carbocycles. The Kier molecular flexibility index (Phi) is 7.85. The predicted octanol–water partition coefficient (Wildman–Crippen LogP) is 2.91. The van der Waals surface area contributed by atoms with E-state index in [0.29, 0.717) is 6.54 Å². The van der Waals surface area contributed by atoms with Gasteiger partial charge in [0, 0.05) is 11.9 Å². The lowest BCUT2D eigenvalue weighted by atomic mass is 9.88. The van der Waals surface area contributed by atoms with Crippen molar-refractivity contribution in [1.82, 2.24) is 4.72 Å². The van der Waals surface area contributed by atoms with Crippen molar-refractivity contribution in [3.05, 3.63) is 0 Å². The second-order valence-corrected chi connectivity index (χ2v) is 7.67. The molecule has 0 spiro atoms. The lowest BCUT2D eigenvalue weighted by Gasteiger charge is -2.24. The monoisotopic (exact) mass is 313 g/mol. The number of hydrogen-bond acceptors (Lipinski definition) is 2. The van der Waals surface area contributed by atoms with E-state index >= 15 is 0 Å². The van der Waals surface area contributed by atoms with Crippen LogP contribution >= 0.6 is 15.9 Å². The molecule has 0 aromatic rings. The molecule has 16 heavy (non-hydrogen) atoms. The third-order valence-corrected chi connectivity index (χ3v) is 4.50. The summed E-state index contributed by atoms with van der Waals surface area (Å²) < 4.78 is 25.9. The maximum Gasteiger partial charge on any atom is 0.211 e. The van der Waals surface area contributed by atoms with Gasteiger partial charge in [0.25, 0.3) is 0 Å². The number of unbranched alkanes of at least 4 members (excludes halogenated alkanes) is 1. The standard InChI is InChI=1S/C11H24BrNO2S/c1-4-5-9-16(14,15)13-10-11(2,3)7-6-8-12/h13H,4-10H2,1-3H3. The first-order valence-corrected chi connectivity index (χ1v) is 8.63. The first-order chi connectivity index (χ1) is 7.33. The van der Waals surface area contributed by atoms with E-state index in [1.54, 1.807) is 0 Å². The minimum absolute atomic E-state index is 0.0348. The van der Waals surface area contributed by atoms with Crippen LogP contribution in [0.1, 0.15) is 46.5 Å². The Morgan fingerprint density at radius 1 is 1.25 bits per heavy atom. The van der Waals surface area contributed by atoms with Gasteiger partial charge in [-0.05, 0) is 24.7 Å². The molecule has 0 heterocycles. The smallest absolute Gasteiger partial charge is 0.211 e. The number of hydrogen-bond donors (Lipinski definition) is 1. The normalized spacial score (nSPS) is 13.0. The molecule has 3 nitrogen and oxygen atoms in total. The van der Waals surface area contributed by atoms with E-state index in [9.17, 15) is 8.42 Å². The highest BCUT2D eigenvalue weighted by Crippen LogP contribution is 2.21. The van der Waals surface area contributed by atoms with Crippen LogP contribution in [0.2, 0.25) is 0 Å². The van der Waals surface area contributed by atoms with Gasteiger partial charge < -0.3 is 0 Å². The zero-order valence-corrected chi connectivity index (χ0v) is 13.0. The summed E-state index contributed by atoms with van der Waals surface area (Å²) in [5.74, 6) is 0.248. The molecule has 0 atom stereocenters. The maximum absolute atomic E-state index is 11.6. The van der Waals surface area contributed by atoms with Gasteiger partial charge >= 0.3 is 0 Å². The molecule has 0 unspecified atom stereocenters. The SMILES string of the molecule is CCCCS(=O)(=O)NCC(C)(C)CCCBr. The van der Waals surface area contributed by atoms with Crippen LogP contribution in [0, 0.1) is 5.41 Å². The quantitative estimate of drug-likeness (QED) is 0.665. The molecule has 98 valence electrons. The number of nitrogens with one attached hydrogen (secondary N) is 1. The van der Waals surface area contributed by atoms with E-state index in [0.717, 1.165) is 31.0 Å². The van der Waals surface area contributed by atoms with Gasteiger partial charge in [0.1, 0.15) is 0 Å². The van der Waals surface area contributed by atoms with Crippen LogP contribution in [-0.4, -0.2) is 26.0 Å². The summed E-state index contributed by atoms with van der Waals surface area (Å²) in [4.78, 5) is 0. The Bertz CT molecular complexity index is 276. The molecule has 0 bridgehead atoms. The van der Waals surface area contributed by atoms with E-state index in [4.69, 9.17) is 0 Å². The van der Waals surface area contributed by atoms with Crippen LogP contribution in [0.3, 0.4) is 0 Å². The van der Waals surface area contributed by atoms with Crippen LogP contribution in [0.5, 0.6) is 0 Å². The summed E-state index contributed by atoms with van der Waals surface area (Å²) in [6, 6.07) is 0. The first-order valence-electron chi connectivity index (χ1n) is 5.86. The Labute approximate surface area is 109 Å². The summed E-state index contributed by atoms with van der Waals surface area (Å²) in [7, 11) is -3.06. The zero-order chi connectivity index (χ0) is 12.7. The third kappa shape index (κ3) is 8.53. The first kappa shape index (κ1) is 16.4. The third-order valence-electron chi connectivity index (χ3n) is 2.52. The molecular weight excluding hydrogens is 290 g/mol. The Balaban J connectivity index is 4.02. The highest BCUT2D eigenvalue weighted by Gasteiger charge is 2.20. The van der Waals surface area contributed by atoms with E-state index in [1.165, 1.54) is 0 Å².